The Morgan fingerprint density at radius 3 is 1.67 bits per heavy atom. The maximum absolute atomic E-state index is 5.53. The van der Waals surface area contributed by atoms with Crippen LogP contribution in [0.15, 0.2) is 0 Å². The van der Waals surface area contributed by atoms with Gasteiger partial charge in [-0.15, -0.1) is 0 Å². The van der Waals surface area contributed by atoms with Gasteiger partial charge in [0.25, 0.3) is 0 Å². The van der Waals surface area contributed by atoms with Crippen LogP contribution in [0.3, 0.4) is 0 Å². The minimum atomic E-state index is 0. The summed E-state index contributed by atoms with van der Waals surface area (Å²) in [6.45, 7) is 6.31. The van der Waals surface area contributed by atoms with Gasteiger partial charge in [0, 0.05) is 0 Å². The van der Waals surface area contributed by atoms with Crippen molar-refractivity contribution < 1.29 is 0 Å². The molecule has 0 unspecified atom stereocenters. The standard InChI is InChI=1S/C6H14BN.Al.2H/c1-3-5-8(7)6-4-2;;;/h3-6H2,1-2H3;;;. The summed E-state index contributed by atoms with van der Waals surface area (Å²) in [7, 11) is 5.53. The molecule has 0 saturated carbocycles. The predicted octanol–water partition coefficient (Wildman–Crippen LogP) is 0.276. The van der Waals surface area contributed by atoms with Crippen LogP contribution in [0.25, 0.3) is 0 Å². The van der Waals surface area contributed by atoms with E-state index in [1.165, 1.54) is 0 Å². The van der Waals surface area contributed by atoms with E-state index in [1.807, 2.05) is 4.81 Å². The molecule has 0 atom stereocenters. The zero-order valence-corrected chi connectivity index (χ0v) is 8.85. The molecule has 0 aromatic carbocycles. The molecular weight excluding hydrogens is 124 g/mol. The zero-order chi connectivity index (χ0) is 6.41. The van der Waals surface area contributed by atoms with Crippen molar-refractivity contribution in [1.82, 2.24) is 4.81 Å². The number of nitrogens with zero attached hydrogens (tertiary/aromatic N) is 1. The van der Waals surface area contributed by atoms with E-state index < -0.39 is 0 Å². The van der Waals surface area contributed by atoms with Crippen LogP contribution >= 0.6 is 0 Å². The van der Waals surface area contributed by atoms with Gasteiger partial charge in [-0.05, 0) is 25.9 Å². The summed E-state index contributed by atoms with van der Waals surface area (Å²) < 4.78 is 0. The Morgan fingerprint density at radius 2 is 1.44 bits per heavy atom. The Labute approximate surface area is 70.4 Å². The van der Waals surface area contributed by atoms with Crippen molar-refractivity contribution in [3.63, 3.8) is 0 Å². The summed E-state index contributed by atoms with van der Waals surface area (Å²) in [6.07, 6.45) is 2.30. The lowest BCUT2D eigenvalue weighted by molar-refractivity contribution is 0.450. The second-order valence-corrected chi connectivity index (χ2v) is 2.04. The van der Waals surface area contributed by atoms with Crippen molar-refractivity contribution >= 4 is 25.3 Å². The molecule has 0 heterocycles. The minimum absolute atomic E-state index is 0. The van der Waals surface area contributed by atoms with Crippen molar-refractivity contribution in [3.8, 4) is 0 Å². The van der Waals surface area contributed by atoms with Crippen LogP contribution in [0.4, 0.5) is 0 Å². The van der Waals surface area contributed by atoms with E-state index in [1.54, 1.807) is 0 Å². The average molecular weight is 140 g/mol. The van der Waals surface area contributed by atoms with Crippen molar-refractivity contribution in [2.24, 2.45) is 0 Å². The van der Waals surface area contributed by atoms with E-state index in [0.717, 1.165) is 25.9 Å². The maximum atomic E-state index is 5.53. The average Bonchev–Trinajstić information content (AvgIpc) is 1.68. The van der Waals surface area contributed by atoms with Gasteiger partial charge in [-0.2, -0.15) is 0 Å². The molecule has 0 amide bonds. The third-order valence-electron chi connectivity index (χ3n) is 1.02. The summed E-state index contributed by atoms with van der Waals surface area (Å²) in [6, 6.07) is 0. The van der Waals surface area contributed by atoms with Crippen LogP contribution < -0.4 is 0 Å². The van der Waals surface area contributed by atoms with Gasteiger partial charge in [-0.25, -0.2) is 0 Å². The summed E-state index contributed by atoms with van der Waals surface area (Å²) in [5, 5.41) is 0. The van der Waals surface area contributed by atoms with Gasteiger partial charge in [0.15, 0.2) is 7.98 Å². The monoisotopic (exact) mass is 140 g/mol. The highest BCUT2D eigenvalue weighted by Crippen LogP contribution is 1.86. The van der Waals surface area contributed by atoms with E-state index in [2.05, 4.69) is 13.8 Å². The van der Waals surface area contributed by atoms with Gasteiger partial charge in [0.05, 0.1) is 0 Å². The Balaban J connectivity index is 0. The first-order valence-corrected chi connectivity index (χ1v) is 3.30. The normalized spacial score (nSPS) is 9.22. The molecule has 0 aliphatic heterocycles. The highest BCUT2D eigenvalue weighted by atomic mass is 27.0. The summed E-state index contributed by atoms with van der Waals surface area (Å²) >= 11 is 0. The van der Waals surface area contributed by atoms with Crippen molar-refractivity contribution in [3.05, 3.63) is 0 Å². The van der Waals surface area contributed by atoms with Gasteiger partial charge in [0.2, 0.25) is 0 Å². The van der Waals surface area contributed by atoms with Gasteiger partial charge in [-0.1, -0.05) is 13.8 Å². The fourth-order valence-electron chi connectivity index (χ4n) is 0.686. The van der Waals surface area contributed by atoms with Gasteiger partial charge >= 0.3 is 0 Å². The fourth-order valence-corrected chi connectivity index (χ4v) is 0.686. The van der Waals surface area contributed by atoms with E-state index >= 15 is 0 Å². The van der Waals surface area contributed by atoms with Crippen LogP contribution in [0.2, 0.25) is 0 Å². The largest absolute Gasteiger partial charge is 0.353 e. The molecule has 0 bridgehead atoms. The lowest BCUT2D eigenvalue weighted by Crippen LogP contribution is -2.21. The molecule has 9 heavy (non-hydrogen) atoms. The molecular formula is C6H16AlBN. The molecule has 0 saturated heterocycles. The molecule has 0 N–H and O–H groups in total. The number of rotatable bonds is 4. The highest BCUT2D eigenvalue weighted by Gasteiger charge is 1.90. The minimum Gasteiger partial charge on any atom is -0.353 e. The summed E-state index contributed by atoms with van der Waals surface area (Å²) in [5.41, 5.74) is 0. The Kier molecular flexibility index (Phi) is 11.7. The molecule has 0 rings (SSSR count). The van der Waals surface area contributed by atoms with Crippen molar-refractivity contribution in [2.45, 2.75) is 26.7 Å². The van der Waals surface area contributed by atoms with Crippen LogP contribution in [0.5, 0.6) is 0 Å². The molecule has 1 nitrogen and oxygen atoms in total. The number of hydrogen-bond acceptors (Lipinski definition) is 1. The Hall–Kier alpha value is 0.557. The van der Waals surface area contributed by atoms with Crippen LogP contribution in [-0.2, 0) is 0 Å². The van der Waals surface area contributed by atoms with Crippen LogP contribution in [0, 0.1) is 0 Å². The molecule has 0 aliphatic carbocycles. The van der Waals surface area contributed by atoms with E-state index in [0.29, 0.717) is 0 Å². The molecule has 3 radical (unpaired) electrons. The van der Waals surface area contributed by atoms with E-state index in [-0.39, 0.29) is 17.4 Å². The summed E-state index contributed by atoms with van der Waals surface area (Å²) in [4.78, 5) is 1.86. The second-order valence-electron chi connectivity index (χ2n) is 2.04. The maximum Gasteiger partial charge on any atom is 0.182 e. The predicted molar refractivity (Wildman–Crippen MR) is 46.5 cm³/mol. The Morgan fingerprint density at radius 1 is 1.11 bits per heavy atom. The van der Waals surface area contributed by atoms with Gasteiger partial charge < -0.3 is 4.81 Å². The molecule has 0 spiro atoms. The Bertz CT molecular complexity index is 46.3. The first kappa shape index (κ1) is 12.3. The summed E-state index contributed by atoms with van der Waals surface area (Å²) in [5.74, 6) is 0. The molecule has 0 aliphatic rings. The molecule has 0 aromatic rings. The lowest BCUT2D eigenvalue weighted by Gasteiger charge is -2.13. The quantitative estimate of drug-likeness (QED) is 0.507. The number of hydrogen-bond donors (Lipinski definition) is 0. The van der Waals surface area contributed by atoms with Gasteiger partial charge in [0.1, 0.15) is 17.4 Å². The smallest absolute Gasteiger partial charge is 0.182 e. The topological polar surface area (TPSA) is 3.24 Å². The molecule has 0 aromatic heterocycles. The van der Waals surface area contributed by atoms with E-state index in [9.17, 15) is 0 Å². The third kappa shape index (κ3) is 8.56. The van der Waals surface area contributed by atoms with Gasteiger partial charge in [-0.3, -0.25) is 0 Å². The van der Waals surface area contributed by atoms with E-state index in [4.69, 9.17) is 7.98 Å². The lowest BCUT2D eigenvalue weighted by atomic mass is 10.2. The molecule has 3 heteroatoms. The first-order chi connectivity index (χ1) is 3.81. The zero-order valence-electron chi connectivity index (χ0n) is 6.85. The van der Waals surface area contributed by atoms with Crippen LogP contribution in [0.1, 0.15) is 26.7 Å². The highest BCUT2D eigenvalue weighted by molar-refractivity contribution is 6.04. The van der Waals surface area contributed by atoms with Crippen molar-refractivity contribution in [1.29, 1.82) is 0 Å². The van der Waals surface area contributed by atoms with Crippen molar-refractivity contribution in [2.75, 3.05) is 13.1 Å². The molecule has 51 valence electrons. The third-order valence-corrected chi connectivity index (χ3v) is 1.02. The first-order valence-electron chi connectivity index (χ1n) is 3.30. The SMILES string of the molecule is [AlH2].[B]N(CCC)CCC. The molecule has 0 fully saturated rings. The fraction of sp³-hybridized carbons (Fsp3) is 1.00. The van der Waals surface area contributed by atoms with Crippen LogP contribution in [-0.4, -0.2) is 43.2 Å². The second kappa shape index (κ2) is 8.56.